The Bertz CT molecular complexity index is 635. The van der Waals surface area contributed by atoms with Crippen molar-refractivity contribution in [2.45, 2.75) is 32.8 Å². The first-order valence-electron chi connectivity index (χ1n) is 7.18. The quantitative estimate of drug-likeness (QED) is 0.764. The van der Waals surface area contributed by atoms with E-state index in [2.05, 4.69) is 15.5 Å². The standard InChI is InChI=1S/C16H20ClN3O2/c1-10-12(11(2)20-19-10)7-8-16(22)18-9-15(21)13-5-3-4-6-14(13)17/h3-6,15,21H,7-9H2,1-2H3,(H,18,22)(H,19,20). The van der Waals surface area contributed by atoms with Gasteiger partial charge >= 0.3 is 0 Å². The molecule has 0 aliphatic rings. The van der Waals surface area contributed by atoms with Gasteiger partial charge in [-0.3, -0.25) is 9.89 Å². The minimum absolute atomic E-state index is 0.105. The van der Waals surface area contributed by atoms with Gasteiger partial charge in [0.25, 0.3) is 0 Å². The zero-order chi connectivity index (χ0) is 16.1. The van der Waals surface area contributed by atoms with Gasteiger partial charge in [-0.1, -0.05) is 29.8 Å². The second kappa shape index (κ2) is 7.42. The molecule has 0 aliphatic carbocycles. The van der Waals surface area contributed by atoms with Crippen LogP contribution < -0.4 is 5.32 Å². The van der Waals surface area contributed by atoms with Crippen LogP contribution in [-0.4, -0.2) is 27.8 Å². The van der Waals surface area contributed by atoms with Gasteiger partial charge in [0, 0.05) is 29.2 Å². The number of H-pyrrole nitrogens is 1. The molecule has 118 valence electrons. The van der Waals surface area contributed by atoms with Crippen LogP contribution in [0.25, 0.3) is 0 Å². The Morgan fingerprint density at radius 3 is 2.77 bits per heavy atom. The van der Waals surface area contributed by atoms with Crippen molar-refractivity contribution in [2.24, 2.45) is 0 Å². The van der Waals surface area contributed by atoms with Crippen molar-refractivity contribution in [3.8, 4) is 0 Å². The third kappa shape index (κ3) is 4.08. The van der Waals surface area contributed by atoms with Gasteiger partial charge in [-0.2, -0.15) is 5.10 Å². The third-order valence-electron chi connectivity index (χ3n) is 3.64. The summed E-state index contributed by atoms with van der Waals surface area (Å²) >= 11 is 6.01. The highest BCUT2D eigenvalue weighted by Gasteiger charge is 2.13. The summed E-state index contributed by atoms with van der Waals surface area (Å²) in [7, 11) is 0. The van der Waals surface area contributed by atoms with Gasteiger partial charge in [-0.25, -0.2) is 0 Å². The normalized spacial score (nSPS) is 12.2. The van der Waals surface area contributed by atoms with Gasteiger partial charge in [0.05, 0.1) is 11.8 Å². The molecule has 1 unspecified atom stereocenters. The molecule has 3 N–H and O–H groups in total. The minimum Gasteiger partial charge on any atom is -0.387 e. The van der Waals surface area contributed by atoms with Crippen LogP contribution in [0, 0.1) is 13.8 Å². The van der Waals surface area contributed by atoms with Crippen LogP contribution in [-0.2, 0) is 11.2 Å². The first kappa shape index (κ1) is 16.5. The molecule has 0 saturated carbocycles. The average Bonchev–Trinajstić information content (AvgIpc) is 2.82. The molecule has 2 rings (SSSR count). The summed E-state index contributed by atoms with van der Waals surface area (Å²) in [5.74, 6) is -0.105. The molecular weight excluding hydrogens is 302 g/mol. The largest absolute Gasteiger partial charge is 0.387 e. The molecule has 6 heteroatoms. The lowest BCUT2D eigenvalue weighted by Crippen LogP contribution is -2.28. The number of carbonyl (C=O) groups excluding carboxylic acids is 1. The van der Waals surface area contributed by atoms with Crippen LogP contribution in [0.15, 0.2) is 24.3 Å². The average molecular weight is 322 g/mol. The molecule has 0 fully saturated rings. The lowest BCUT2D eigenvalue weighted by atomic mass is 10.1. The van der Waals surface area contributed by atoms with Crippen molar-refractivity contribution in [3.05, 3.63) is 51.8 Å². The molecule has 0 radical (unpaired) electrons. The van der Waals surface area contributed by atoms with E-state index in [1.807, 2.05) is 13.8 Å². The Morgan fingerprint density at radius 2 is 2.14 bits per heavy atom. The smallest absolute Gasteiger partial charge is 0.220 e. The fraction of sp³-hybridized carbons (Fsp3) is 0.375. The molecule has 1 heterocycles. The van der Waals surface area contributed by atoms with Gasteiger partial charge in [0.1, 0.15) is 0 Å². The molecule has 1 aromatic carbocycles. The molecule has 1 aromatic heterocycles. The van der Waals surface area contributed by atoms with Gasteiger partial charge in [0.15, 0.2) is 0 Å². The summed E-state index contributed by atoms with van der Waals surface area (Å²) in [6.07, 6.45) is 0.175. The first-order chi connectivity index (χ1) is 10.5. The lowest BCUT2D eigenvalue weighted by Gasteiger charge is -2.13. The Hall–Kier alpha value is -1.85. The van der Waals surface area contributed by atoms with Crippen LogP contribution in [0.1, 0.15) is 35.0 Å². The molecule has 0 spiro atoms. The maximum absolute atomic E-state index is 11.9. The van der Waals surface area contributed by atoms with Crippen LogP contribution in [0.4, 0.5) is 0 Å². The molecular formula is C16H20ClN3O2. The number of carbonyl (C=O) groups is 1. The molecule has 5 nitrogen and oxygen atoms in total. The maximum Gasteiger partial charge on any atom is 0.220 e. The van der Waals surface area contributed by atoms with E-state index in [9.17, 15) is 9.90 Å². The summed E-state index contributed by atoms with van der Waals surface area (Å²) in [6.45, 7) is 4.00. The SMILES string of the molecule is Cc1n[nH]c(C)c1CCC(=O)NCC(O)c1ccccc1Cl. The van der Waals surface area contributed by atoms with Gasteiger partial charge in [-0.05, 0) is 31.9 Å². The molecule has 22 heavy (non-hydrogen) atoms. The predicted octanol–water partition coefficient (Wildman–Crippen LogP) is 2.46. The Kier molecular flexibility index (Phi) is 5.57. The molecule has 2 aromatic rings. The summed E-state index contributed by atoms with van der Waals surface area (Å²) < 4.78 is 0. The van der Waals surface area contributed by atoms with E-state index < -0.39 is 6.10 Å². The number of halogens is 1. The van der Waals surface area contributed by atoms with Crippen LogP contribution >= 0.6 is 11.6 Å². The molecule has 0 aliphatic heterocycles. The number of hydrogen-bond acceptors (Lipinski definition) is 3. The highest BCUT2D eigenvalue weighted by Crippen LogP contribution is 2.21. The van der Waals surface area contributed by atoms with E-state index in [1.165, 1.54) is 0 Å². The highest BCUT2D eigenvalue weighted by molar-refractivity contribution is 6.31. The van der Waals surface area contributed by atoms with E-state index in [1.54, 1.807) is 24.3 Å². The number of rotatable bonds is 6. The van der Waals surface area contributed by atoms with Gasteiger partial charge in [0.2, 0.25) is 5.91 Å². The molecule has 1 amide bonds. The van der Waals surface area contributed by atoms with Crippen LogP contribution in [0.3, 0.4) is 0 Å². The minimum atomic E-state index is -0.810. The number of benzene rings is 1. The number of aryl methyl sites for hydroxylation is 2. The third-order valence-corrected chi connectivity index (χ3v) is 3.98. The van der Waals surface area contributed by atoms with Crippen molar-refractivity contribution in [3.63, 3.8) is 0 Å². The van der Waals surface area contributed by atoms with E-state index in [-0.39, 0.29) is 12.5 Å². The number of aromatic amines is 1. The predicted molar refractivity (Wildman–Crippen MR) is 85.8 cm³/mol. The van der Waals surface area contributed by atoms with E-state index >= 15 is 0 Å². The second-order valence-electron chi connectivity index (χ2n) is 5.25. The van der Waals surface area contributed by atoms with Crippen molar-refractivity contribution in [1.29, 1.82) is 0 Å². The summed E-state index contributed by atoms with van der Waals surface area (Å²) in [4.78, 5) is 11.9. The zero-order valence-corrected chi connectivity index (χ0v) is 13.4. The fourth-order valence-corrected chi connectivity index (χ4v) is 2.60. The number of amides is 1. The number of hydrogen-bond donors (Lipinski definition) is 3. The molecule has 1 atom stereocenters. The lowest BCUT2D eigenvalue weighted by molar-refractivity contribution is -0.121. The van der Waals surface area contributed by atoms with Gasteiger partial charge in [-0.15, -0.1) is 0 Å². The van der Waals surface area contributed by atoms with Crippen molar-refractivity contribution < 1.29 is 9.90 Å². The maximum atomic E-state index is 11.9. The summed E-state index contributed by atoms with van der Waals surface area (Å²) in [5.41, 5.74) is 3.59. The highest BCUT2D eigenvalue weighted by atomic mass is 35.5. The number of nitrogens with zero attached hydrogens (tertiary/aromatic N) is 1. The van der Waals surface area contributed by atoms with Crippen molar-refractivity contribution in [1.82, 2.24) is 15.5 Å². The number of aromatic nitrogens is 2. The summed E-state index contributed by atoms with van der Waals surface area (Å²) in [6, 6.07) is 7.06. The topological polar surface area (TPSA) is 78.0 Å². The summed E-state index contributed by atoms with van der Waals surface area (Å²) in [5, 5.41) is 20.3. The number of aliphatic hydroxyl groups excluding tert-OH is 1. The number of nitrogens with one attached hydrogen (secondary N) is 2. The fourth-order valence-electron chi connectivity index (χ4n) is 2.34. The molecule has 0 bridgehead atoms. The monoisotopic (exact) mass is 321 g/mol. The van der Waals surface area contributed by atoms with Gasteiger partial charge < -0.3 is 10.4 Å². The number of aliphatic hydroxyl groups is 1. The second-order valence-corrected chi connectivity index (χ2v) is 5.66. The first-order valence-corrected chi connectivity index (χ1v) is 7.56. The van der Waals surface area contributed by atoms with Crippen LogP contribution in [0.2, 0.25) is 5.02 Å². The van der Waals surface area contributed by atoms with Crippen molar-refractivity contribution >= 4 is 17.5 Å². The van der Waals surface area contributed by atoms with Crippen molar-refractivity contribution in [2.75, 3.05) is 6.54 Å². The Morgan fingerprint density at radius 1 is 1.41 bits per heavy atom. The Labute approximate surface area is 134 Å². The molecule has 0 saturated heterocycles. The van der Waals surface area contributed by atoms with E-state index in [0.717, 1.165) is 17.0 Å². The zero-order valence-electron chi connectivity index (χ0n) is 12.7. The van der Waals surface area contributed by atoms with Crippen LogP contribution in [0.5, 0.6) is 0 Å². The van der Waals surface area contributed by atoms with E-state index in [0.29, 0.717) is 23.4 Å². The van der Waals surface area contributed by atoms with E-state index in [4.69, 9.17) is 11.6 Å². The Balaban J connectivity index is 1.82.